The van der Waals surface area contributed by atoms with E-state index in [0.717, 1.165) is 0 Å². The smallest absolute Gasteiger partial charge is 0.269 e. The Labute approximate surface area is 160 Å². The van der Waals surface area contributed by atoms with E-state index in [-0.39, 0.29) is 29.9 Å². The fraction of sp³-hybridized carbons (Fsp3) is 0.263. The van der Waals surface area contributed by atoms with Gasteiger partial charge in [-0.15, -0.1) is 0 Å². The zero-order chi connectivity index (χ0) is 20.1. The molecule has 0 saturated carbocycles. The minimum absolute atomic E-state index is 0.0481. The summed E-state index contributed by atoms with van der Waals surface area (Å²) in [7, 11) is 0. The number of phenolic OH excluding ortho intramolecular Hbond substituents is 1. The van der Waals surface area contributed by atoms with Crippen molar-refractivity contribution in [2.24, 2.45) is 0 Å². The molecule has 1 aliphatic heterocycles. The van der Waals surface area contributed by atoms with Crippen LogP contribution in [-0.2, 0) is 4.79 Å². The third kappa shape index (κ3) is 4.56. The van der Waals surface area contributed by atoms with Crippen LogP contribution in [0, 0.1) is 10.1 Å². The van der Waals surface area contributed by atoms with Crippen molar-refractivity contribution in [2.75, 3.05) is 32.8 Å². The first-order valence-electron chi connectivity index (χ1n) is 8.67. The predicted octanol–water partition coefficient (Wildman–Crippen LogP) is 1.66. The first kappa shape index (κ1) is 19.2. The van der Waals surface area contributed by atoms with Crippen LogP contribution in [0.4, 0.5) is 5.69 Å². The molecule has 0 unspecified atom stereocenters. The standard InChI is InChI=1S/C19H19N3O6/c23-16-5-1-14(2-6-16)19(25)21-11-9-20(10-12-21)18(24)13-28-17-7-3-15(4-8-17)22(26)27/h1-8,23H,9-13H2. The van der Waals surface area contributed by atoms with Crippen LogP contribution >= 0.6 is 0 Å². The van der Waals surface area contributed by atoms with Crippen LogP contribution in [0.25, 0.3) is 0 Å². The Bertz CT molecular complexity index is 858. The summed E-state index contributed by atoms with van der Waals surface area (Å²) in [5.41, 5.74) is 0.437. The van der Waals surface area contributed by atoms with E-state index in [0.29, 0.717) is 37.5 Å². The highest BCUT2D eigenvalue weighted by molar-refractivity contribution is 5.94. The highest BCUT2D eigenvalue weighted by Gasteiger charge is 2.25. The van der Waals surface area contributed by atoms with Gasteiger partial charge < -0.3 is 19.6 Å². The molecule has 1 heterocycles. The fourth-order valence-electron chi connectivity index (χ4n) is 2.85. The summed E-state index contributed by atoms with van der Waals surface area (Å²) < 4.78 is 5.39. The Morgan fingerprint density at radius 3 is 2.11 bits per heavy atom. The van der Waals surface area contributed by atoms with Gasteiger partial charge in [-0.05, 0) is 36.4 Å². The largest absolute Gasteiger partial charge is 0.508 e. The molecule has 2 amide bonds. The number of amides is 2. The van der Waals surface area contributed by atoms with Crippen LogP contribution in [0.15, 0.2) is 48.5 Å². The van der Waals surface area contributed by atoms with Crippen molar-refractivity contribution in [3.63, 3.8) is 0 Å². The van der Waals surface area contributed by atoms with E-state index in [1.807, 2.05) is 0 Å². The van der Waals surface area contributed by atoms with Gasteiger partial charge in [0.05, 0.1) is 4.92 Å². The zero-order valence-electron chi connectivity index (χ0n) is 15.0. The summed E-state index contributed by atoms with van der Waals surface area (Å²) in [6, 6.07) is 11.6. The molecule has 3 rings (SSSR count). The van der Waals surface area contributed by atoms with Gasteiger partial charge in [0.2, 0.25) is 0 Å². The predicted molar refractivity (Wildman–Crippen MR) is 99.2 cm³/mol. The summed E-state index contributed by atoms with van der Waals surface area (Å²) in [4.78, 5) is 38.1. The van der Waals surface area contributed by atoms with Gasteiger partial charge in [-0.3, -0.25) is 19.7 Å². The van der Waals surface area contributed by atoms with Crippen LogP contribution < -0.4 is 4.74 Å². The van der Waals surface area contributed by atoms with Gasteiger partial charge >= 0.3 is 0 Å². The molecule has 0 radical (unpaired) electrons. The van der Waals surface area contributed by atoms with E-state index < -0.39 is 4.92 Å². The molecule has 146 valence electrons. The maximum atomic E-state index is 12.4. The number of carbonyl (C=O) groups is 2. The SMILES string of the molecule is O=C(COc1ccc([N+](=O)[O-])cc1)N1CCN(C(=O)c2ccc(O)cc2)CC1. The number of ether oxygens (including phenoxy) is 1. The molecular formula is C19H19N3O6. The minimum Gasteiger partial charge on any atom is -0.508 e. The van der Waals surface area contributed by atoms with Crippen molar-refractivity contribution in [1.29, 1.82) is 0 Å². The van der Waals surface area contributed by atoms with E-state index in [2.05, 4.69) is 0 Å². The first-order chi connectivity index (χ1) is 13.4. The number of rotatable bonds is 5. The molecule has 2 aromatic rings. The van der Waals surface area contributed by atoms with Crippen molar-refractivity contribution in [3.05, 3.63) is 64.2 Å². The van der Waals surface area contributed by atoms with Gasteiger partial charge in [-0.1, -0.05) is 0 Å². The maximum absolute atomic E-state index is 12.4. The van der Waals surface area contributed by atoms with Gasteiger partial charge in [0, 0.05) is 43.9 Å². The third-order valence-corrected chi connectivity index (χ3v) is 4.44. The lowest BCUT2D eigenvalue weighted by Gasteiger charge is -2.34. The molecule has 28 heavy (non-hydrogen) atoms. The molecule has 1 fully saturated rings. The number of carbonyl (C=O) groups excluding carboxylic acids is 2. The highest BCUT2D eigenvalue weighted by Crippen LogP contribution is 2.18. The Hall–Kier alpha value is -3.62. The fourth-order valence-corrected chi connectivity index (χ4v) is 2.85. The summed E-state index contributed by atoms with van der Waals surface area (Å²) >= 11 is 0. The molecular weight excluding hydrogens is 366 g/mol. The molecule has 9 heteroatoms. The Kier molecular flexibility index (Phi) is 5.73. The lowest BCUT2D eigenvalue weighted by Crippen LogP contribution is -2.51. The van der Waals surface area contributed by atoms with E-state index >= 15 is 0 Å². The van der Waals surface area contributed by atoms with E-state index in [1.165, 1.54) is 36.4 Å². The zero-order valence-corrected chi connectivity index (χ0v) is 15.0. The maximum Gasteiger partial charge on any atom is 0.269 e. The van der Waals surface area contributed by atoms with Gasteiger partial charge in [-0.2, -0.15) is 0 Å². The molecule has 1 saturated heterocycles. The van der Waals surface area contributed by atoms with E-state index in [9.17, 15) is 24.8 Å². The second kappa shape index (κ2) is 8.38. The van der Waals surface area contributed by atoms with Crippen LogP contribution in [-0.4, -0.2) is 64.4 Å². The number of nitro groups is 1. The molecule has 0 atom stereocenters. The highest BCUT2D eigenvalue weighted by atomic mass is 16.6. The number of hydrogen-bond acceptors (Lipinski definition) is 6. The van der Waals surface area contributed by atoms with Crippen molar-refractivity contribution < 1.29 is 24.4 Å². The topological polar surface area (TPSA) is 113 Å². The molecule has 2 aromatic carbocycles. The lowest BCUT2D eigenvalue weighted by atomic mass is 10.1. The lowest BCUT2D eigenvalue weighted by molar-refractivity contribution is -0.384. The Morgan fingerprint density at radius 1 is 0.964 bits per heavy atom. The normalized spacial score (nSPS) is 13.9. The summed E-state index contributed by atoms with van der Waals surface area (Å²) in [5, 5.41) is 19.9. The third-order valence-electron chi connectivity index (χ3n) is 4.44. The number of aromatic hydroxyl groups is 1. The Balaban J connectivity index is 1.47. The van der Waals surface area contributed by atoms with Crippen LogP contribution in [0.3, 0.4) is 0 Å². The monoisotopic (exact) mass is 385 g/mol. The average molecular weight is 385 g/mol. The second-order valence-electron chi connectivity index (χ2n) is 6.26. The van der Waals surface area contributed by atoms with E-state index in [4.69, 9.17) is 4.74 Å². The number of piperazine rings is 1. The number of nitrogens with zero attached hydrogens (tertiary/aromatic N) is 3. The number of non-ortho nitro benzene ring substituents is 1. The first-order valence-corrected chi connectivity index (χ1v) is 8.67. The minimum atomic E-state index is -0.506. The van der Waals surface area contributed by atoms with Crippen molar-refractivity contribution >= 4 is 17.5 Å². The van der Waals surface area contributed by atoms with Crippen molar-refractivity contribution in [3.8, 4) is 11.5 Å². The van der Waals surface area contributed by atoms with Gasteiger partial charge in [0.15, 0.2) is 6.61 Å². The van der Waals surface area contributed by atoms with Gasteiger partial charge in [0.1, 0.15) is 11.5 Å². The van der Waals surface area contributed by atoms with Crippen LogP contribution in [0.1, 0.15) is 10.4 Å². The molecule has 1 aliphatic rings. The molecule has 0 aromatic heterocycles. The summed E-state index contributed by atoms with van der Waals surface area (Å²) in [6.45, 7) is 1.42. The summed E-state index contributed by atoms with van der Waals surface area (Å²) in [5.74, 6) is 0.115. The van der Waals surface area contributed by atoms with Crippen LogP contribution in [0.5, 0.6) is 11.5 Å². The molecule has 1 N–H and O–H groups in total. The Morgan fingerprint density at radius 2 is 1.54 bits per heavy atom. The number of benzene rings is 2. The molecule has 0 bridgehead atoms. The summed E-state index contributed by atoms with van der Waals surface area (Å²) in [6.07, 6.45) is 0. The van der Waals surface area contributed by atoms with Gasteiger partial charge in [-0.25, -0.2) is 0 Å². The molecule has 0 aliphatic carbocycles. The molecule has 9 nitrogen and oxygen atoms in total. The van der Waals surface area contributed by atoms with E-state index in [1.54, 1.807) is 21.9 Å². The van der Waals surface area contributed by atoms with Gasteiger partial charge in [0.25, 0.3) is 17.5 Å². The number of hydrogen-bond donors (Lipinski definition) is 1. The van der Waals surface area contributed by atoms with Crippen molar-refractivity contribution in [1.82, 2.24) is 9.80 Å². The average Bonchev–Trinajstić information content (AvgIpc) is 2.72. The molecule has 0 spiro atoms. The number of phenols is 1. The second-order valence-corrected chi connectivity index (χ2v) is 6.26. The van der Waals surface area contributed by atoms with Crippen molar-refractivity contribution in [2.45, 2.75) is 0 Å². The van der Waals surface area contributed by atoms with Crippen LogP contribution in [0.2, 0.25) is 0 Å². The number of nitro benzene ring substituents is 1. The quantitative estimate of drug-likeness (QED) is 0.619.